The molecule has 0 unspecified atom stereocenters. The summed E-state index contributed by atoms with van der Waals surface area (Å²) in [6.07, 6.45) is 1.83. The van der Waals surface area contributed by atoms with Crippen molar-refractivity contribution in [1.82, 2.24) is 14.9 Å². The minimum atomic E-state index is -0.147. The fourth-order valence-corrected chi connectivity index (χ4v) is 4.47. The summed E-state index contributed by atoms with van der Waals surface area (Å²) in [5.74, 6) is 1.41. The highest BCUT2D eigenvalue weighted by Gasteiger charge is 2.23. The molecule has 3 heterocycles. The molecule has 0 atom stereocenters. The highest BCUT2D eigenvalue weighted by atomic mass is 16.5. The quantitative estimate of drug-likeness (QED) is 0.549. The Balaban J connectivity index is 1.18. The minimum absolute atomic E-state index is 0.147. The summed E-state index contributed by atoms with van der Waals surface area (Å²) in [5, 5.41) is 15.2. The number of aryl methyl sites for hydroxylation is 1. The monoisotopic (exact) mass is 498 g/mol. The van der Waals surface area contributed by atoms with E-state index in [1.54, 1.807) is 29.2 Å². The molecule has 2 amide bonds. The molecule has 5 rings (SSSR count). The third-order valence-electron chi connectivity index (χ3n) is 6.58. The lowest BCUT2D eigenvalue weighted by atomic mass is 10.2. The molecule has 2 aliphatic rings. The fraction of sp³-hybridized carbons (Fsp3) is 0.333. The van der Waals surface area contributed by atoms with E-state index in [4.69, 9.17) is 15.0 Å². The minimum Gasteiger partial charge on any atom is -0.378 e. The van der Waals surface area contributed by atoms with Crippen LogP contribution in [-0.2, 0) is 4.74 Å². The number of rotatable bonds is 5. The topological polar surface area (TPSA) is 110 Å². The number of urea groups is 1. The predicted octanol–water partition coefficient (Wildman–Crippen LogP) is 3.59. The largest absolute Gasteiger partial charge is 0.378 e. The van der Waals surface area contributed by atoms with Crippen molar-refractivity contribution in [2.24, 2.45) is 0 Å². The number of hydrogen-bond donors (Lipinski definition) is 2. The van der Waals surface area contributed by atoms with E-state index in [-0.39, 0.29) is 6.03 Å². The lowest BCUT2D eigenvalue weighted by molar-refractivity contribution is 0.122. The van der Waals surface area contributed by atoms with Crippen LogP contribution in [0.5, 0.6) is 0 Å². The van der Waals surface area contributed by atoms with E-state index >= 15 is 0 Å². The Morgan fingerprint density at radius 1 is 0.919 bits per heavy atom. The standard InChI is InChI=1S/C27H30N8O2/c1-20-19-29-26(30-22-6-8-24(9-7-22)33-14-16-37-17-15-33)32-25(20)34-10-12-35(13-11-34)27(36)31-23-4-2-21(18-28)3-5-23/h2-9,19H,10-17H2,1H3,(H,31,36)(H,29,30,32). The van der Waals surface area contributed by atoms with Gasteiger partial charge in [0.05, 0.1) is 24.8 Å². The maximum Gasteiger partial charge on any atom is 0.321 e. The lowest BCUT2D eigenvalue weighted by Crippen LogP contribution is -2.50. The van der Waals surface area contributed by atoms with E-state index in [0.29, 0.717) is 43.4 Å². The molecular formula is C27H30N8O2. The van der Waals surface area contributed by atoms with Gasteiger partial charge in [-0.15, -0.1) is 0 Å². The number of nitriles is 1. The van der Waals surface area contributed by atoms with Crippen LogP contribution in [0, 0.1) is 18.3 Å². The summed E-state index contributed by atoms with van der Waals surface area (Å²) in [4.78, 5) is 28.3. The normalized spacial score (nSPS) is 15.7. The van der Waals surface area contributed by atoms with Crippen molar-refractivity contribution >= 4 is 34.9 Å². The van der Waals surface area contributed by atoms with E-state index in [2.05, 4.69) is 43.6 Å². The number of nitrogens with one attached hydrogen (secondary N) is 2. The van der Waals surface area contributed by atoms with Crippen LogP contribution in [-0.4, -0.2) is 73.4 Å². The zero-order valence-corrected chi connectivity index (χ0v) is 20.9. The van der Waals surface area contributed by atoms with Crippen molar-refractivity contribution < 1.29 is 9.53 Å². The Morgan fingerprint density at radius 3 is 2.27 bits per heavy atom. The van der Waals surface area contributed by atoms with Gasteiger partial charge in [0.15, 0.2) is 0 Å². The van der Waals surface area contributed by atoms with E-state index in [0.717, 1.165) is 43.4 Å². The van der Waals surface area contributed by atoms with Crippen LogP contribution in [0.3, 0.4) is 0 Å². The number of carbonyl (C=O) groups excluding carboxylic acids is 1. The van der Waals surface area contributed by atoms with Crippen molar-refractivity contribution in [1.29, 1.82) is 5.26 Å². The molecule has 37 heavy (non-hydrogen) atoms. The number of carbonyl (C=O) groups is 1. The smallest absolute Gasteiger partial charge is 0.321 e. The number of hydrogen-bond acceptors (Lipinski definition) is 8. The molecule has 0 aliphatic carbocycles. The zero-order chi connectivity index (χ0) is 25.6. The Labute approximate surface area is 216 Å². The Morgan fingerprint density at radius 2 is 1.59 bits per heavy atom. The molecule has 190 valence electrons. The van der Waals surface area contributed by atoms with Crippen LogP contribution in [0.1, 0.15) is 11.1 Å². The molecule has 3 aromatic rings. The summed E-state index contributed by atoms with van der Waals surface area (Å²) >= 11 is 0. The number of anilines is 5. The Hall–Kier alpha value is -4.36. The lowest BCUT2D eigenvalue weighted by Gasteiger charge is -2.36. The summed E-state index contributed by atoms with van der Waals surface area (Å²) in [6.45, 7) is 7.84. The van der Waals surface area contributed by atoms with E-state index in [9.17, 15) is 4.79 Å². The van der Waals surface area contributed by atoms with Crippen molar-refractivity contribution in [3.63, 3.8) is 0 Å². The molecule has 2 fully saturated rings. The predicted molar refractivity (Wildman–Crippen MR) is 143 cm³/mol. The van der Waals surface area contributed by atoms with Crippen LogP contribution < -0.4 is 20.4 Å². The number of amides is 2. The van der Waals surface area contributed by atoms with Crippen molar-refractivity contribution in [2.45, 2.75) is 6.92 Å². The number of aromatic nitrogens is 2. The Kier molecular flexibility index (Phi) is 7.33. The van der Waals surface area contributed by atoms with Gasteiger partial charge in [-0.05, 0) is 55.5 Å². The molecule has 1 aromatic heterocycles. The van der Waals surface area contributed by atoms with Gasteiger partial charge in [0.2, 0.25) is 5.95 Å². The number of piperazine rings is 1. The van der Waals surface area contributed by atoms with Crippen LogP contribution in [0.15, 0.2) is 54.7 Å². The number of morpholine rings is 1. The van der Waals surface area contributed by atoms with Gasteiger partial charge in [-0.3, -0.25) is 0 Å². The number of benzene rings is 2. The molecule has 10 nitrogen and oxygen atoms in total. The molecule has 0 spiro atoms. The van der Waals surface area contributed by atoms with E-state index in [1.165, 1.54) is 5.69 Å². The van der Waals surface area contributed by atoms with E-state index < -0.39 is 0 Å². The van der Waals surface area contributed by atoms with Crippen LogP contribution in [0.2, 0.25) is 0 Å². The van der Waals surface area contributed by atoms with Gasteiger partial charge in [-0.1, -0.05) is 0 Å². The highest BCUT2D eigenvalue weighted by Crippen LogP contribution is 2.24. The van der Waals surface area contributed by atoms with Gasteiger partial charge in [-0.2, -0.15) is 10.2 Å². The maximum atomic E-state index is 12.7. The van der Waals surface area contributed by atoms with Gasteiger partial charge in [0.25, 0.3) is 0 Å². The molecule has 2 saturated heterocycles. The average molecular weight is 499 g/mol. The van der Waals surface area contributed by atoms with Crippen molar-refractivity contribution in [2.75, 3.05) is 72.9 Å². The summed E-state index contributed by atoms with van der Waals surface area (Å²) in [5.41, 5.74) is 4.33. The first-order chi connectivity index (χ1) is 18.1. The van der Waals surface area contributed by atoms with Gasteiger partial charge in [0.1, 0.15) is 5.82 Å². The average Bonchev–Trinajstić information content (AvgIpc) is 2.95. The molecule has 2 aliphatic heterocycles. The SMILES string of the molecule is Cc1cnc(Nc2ccc(N3CCOCC3)cc2)nc1N1CCN(C(=O)Nc2ccc(C#N)cc2)CC1. The third-order valence-corrected chi connectivity index (χ3v) is 6.58. The van der Waals surface area contributed by atoms with Crippen LogP contribution in [0.25, 0.3) is 0 Å². The first-order valence-corrected chi connectivity index (χ1v) is 12.4. The second-order valence-electron chi connectivity index (χ2n) is 9.06. The number of ether oxygens (including phenoxy) is 1. The molecule has 0 bridgehead atoms. The maximum absolute atomic E-state index is 12.7. The summed E-state index contributed by atoms with van der Waals surface area (Å²) in [7, 11) is 0. The molecule has 2 aromatic carbocycles. The second-order valence-corrected chi connectivity index (χ2v) is 9.06. The van der Waals surface area contributed by atoms with Gasteiger partial charge < -0.3 is 30.1 Å². The fourth-order valence-electron chi connectivity index (χ4n) is 4.47. The van der Waals surface area contributed by atoms with Crippen molar-refractivity contribution in [3.05, 3.63) is 65.9 Å². The summed E-state index contributed by atoms with van der Waals surface area (Å²) < 4.78 is 5.44. The first-order valence-electron chi connectivity index (χ1n) is 12.4. The molecular weight excluding hydrogens is 468 g/mol. The third kappa shape index (κ3) is 5.90. The van der Waals surface area contributed by atoms with Crippen LogP contribution in [0.4, 0.5) is 33.6 Å². The van der Waals surface area contributed by atoms with Gasteiger partial charge >= 0.3 is 6.03 Å². The first kappa shape index (κ1) is 24.3. The molecule has 0 saturated carbocycles. The number of nitrogens with zero attached hydrogens (tertiary/aromatic N) is 6. The molecule has 0 radical (unpaired) electrons. The molecule has 10 heteroatoms. The van der Waals surface area contributed by atoms with E-state index in [1.807, 2.05) is 25.3 Å². The Bertz CT molecular complexity index is 1260. The van der Waals surface area contributed by atoms with Crippen LogP contribution >= 0.6 is 0 Å². The van der Waals surface area contributed by atoms with Gasteiger partial charge in [-0.25, -0.2) is 9.78 Å². The summed E-state index contributed by atoms with van der Waals surface area (Å²) in [6, 6.07) is 17.1. The highest BCUT2D eigenvalue weighted by molar-refractivity contribution is 5.89. The molecule has 2 N–H and O–H groups in total. The van der Waals surface area contributed by atoms with Gasteiger partial charge in [0, 0.05) is 68.1 Å². The zero-order valence-electron chi connectivity index (χ0n) is 20.9. The van der Waals surface area contributed by atoms with Crippen molar-refractivity contribution in [3.8, 4) is 6.07 Å². The second kappa shape index (κ2) is 11.1.